The monoisotopic (exact) mass is 433 g/mol. The zero-order valence-electron chi connectivity index (χ0n) is 14.7. The van der Waals surface area contributed by atoms with E-state index < -0.39 is 0 Å². The van der Waals surface area contributed by atoms with Gasteiger partial charge >= 0.3 is 0 Å². The van der Waals surface area contributed by atoms with Crippen molar-refractivity contribution in [1.29, 1.82) is 0 Å². The molecular formula is C17H32IN5. The van der Waals surface area contributed by atoms with E-state index in [1.807, 2.05) is 12.5 Å². The van der Waals surface area contributed by atoms with E-state index in [0.29, 0.717) is 6.04 Å². The van der Waals surface area contributed by atoms with E-state index in [0.717, 1.165) is 37.4 Å². The minimum Gasteiger partial charge on any atom is -0.357 e. The molecule has 0 radical (unpaired) electrons. The Bertz CT molecular complexity index is 436. The van der Waals surface area contributed by atoms with E-state index in [2.05, 4.69) is 45.9 Å². The second-order valence-corrected chi connectivity index (χ2v) is 6.56. The molecule has 2 N–H and O–H groups in total. The molecule has 0 saturated heterocycles. The van der Waals surface area contributed by atoms with Gasteiger partial charge in [-0.2, -0.15) is 0 Å². The van der Waals surface area contributed by atoms with Crippen LogP contribution in [0.5, 0.6) is 0 Å². The van der Waals surface area contributed by atoms with Gasteiger partial charge in [0.2, 0.25) is 0 Å². The second-order valence-electron chi connectivity index (χ2n) is 6.56. The summed E-state index contributed by atoms with van der Waals surface area (Å²) in [7, 11) is 0. The van der Waals surface area contributed by atoms with Crippen LogP contribution in [0.2, 0.25) is 0 Å². The smallest absolute Gasteiger partial charge is 0.191 e. The SMILES string of the molecule is CCNC(=NCCn1ccnc1)NC1CCC(C(C)C)CC1.I. The summed E-state index contributed by atoms with van der Waals surface area (Å²) < 4.78 is 2.06. The van der Waals surface area contributed by atoms with E-state index in [1.54, 1.807) is 6.20 Å². The summed E-state index contributed by atoms with van der Waals surface area (Å²) in [6.45, 7) is 9.35. The predicted octanol–water partition coefficient (Wildman–Crippen LogP) is 3.27. The van der Waals surface area contributed by atoms with E-state index in [9.17, 15) is 0 Å². The van der Waals surface area contributed by atoms with Crippen LogP contribution in [0.25, 0.3) is 0 Å². The average molecular weight is 433 g/mol. The fraction of sp³-hybridized carbons (Fsp3) is 0.765. The molecule has 0 atom stereocenters. The van der Waals surface area contributed by atoms with Crippen LogP contribution in [0.15, 0.2) is 23.7 Å². The first kappa shape index (κ1) is 20.3. The lowest BCUT2D eigenvalue weighted by Crippen LogP contribution is -2.45. The van der Waals surface area contributed by atoms with Gasteiger partial charge in [-0.25, -0.2) is 4.98 Å². The third-order valence-corrected chi connectivity index (χ3v) is 4.59. The topological polar surface area (TPSA) is 54.2 Å². The summed E-state index contributed by atoms with van der Waals surface area (Å²) >= 11 is 0. The molecule has 2 rings (SSSR count). The molecule has 5 nitrogen and oxygen atoms in total. The predicted molar refractivity (Wildman–Crippen MR) is 107 cm³/mol. The fourth-order valence-electron chi connectivity index (χ4n) is 3.14. The molecule has 1 aliphatic carbocycles. The van der Waals surface area contributed by atoms with Gasteiger partial charge < -0.3 is 15.2 Å². The lowest BCUT2D eigenvalue weighted by molar-refractivity contribution is 0.250. The minimum absolute atomic E-state index is 0. The van der Waals surface area contributed by atoms with Crippen LogP contribution in [-0.4, -0.2) is 34.6 Å². The van der Waals surface area contributed by atoms with Crippen LogP contribution in [0.4, 0.5) is 0 Å². The maximum Gasteiger partial charge on any atom is 0.191 e. The normalized spacial score (nSPS) is 21.8. The van der Waals surface area contributed by atoms with Gasteiger partial charge in [0.25, 0.3) is 0 Å². The molecule has 0 bridgehead atoms. The Labute approximate surface area is 157 Å². The maximum atomic E-state index is 4.68. The van der Waals surface area contributed by atoms with Crippen molar-refractivity contribution in [3.8, 4) is 0 Å². The fourth-order valence-corrected chi connectivity index (χ4v) is 3.14. The largest absolute Gasteiger partial charge is 0.357 e. The molecule has 0 aromatic carbocycles. The molecule has 132 valence electrons. The molecule has 1 aliphatic rings. The van der Waals surface area contributed by atoms with Crippen molar-refractivity contribution in [3.63, 3.8) is 0 Å². The van der Waals surface area contributed by atoms with Gasteiger partial charge in [-0.1, -0.05) is 13.8 Å². The van der Waals surface area contributed by atoms with Crippen LogP contribution in [-0.2, 0) is 6.54 Å². The summed E-state index contributed by atoms with van der Waals surface area (Å²) in [6, 6.07) is 0.570. The van der Waals surface area contributed by atoms with Crippen LogP contribution in [0.1, 0.15) is 46.5 Å². The van der Waals surface area contributed by atoms with Gasteiger partial charge in [-0.3, -0.25) is 4.99 Å². The number of guanidine groups is 1. The number of aromatic nitrogens is 2. The van der Waals surface area contributed by atoms with E-state index in [1.165, 1.54) is 25.7 Å². The summed E-state index contributed by atoms with van der Waals surface area (Å²) in [5, 5.41) is 6.97. The number of hydrogen-bond acceptors (Lipinski definition) is 2. The minimum atomic E-state index is 0. The zero-order chi connectivity index (χ0) is 15.8. The molecule has 1 aromatic heterocycles. The Hall–Kier alpha value is -0.790. The molecule has 0 spiro atoms. The molecule has 1 aromatic rings. The van der Waals surface area contributed by atoms with Crippen molar-refractivity contribution in [3.05, 3.63) is 18.7 Å². The summed E-state index contributed by atoms with van der Waals surface area (Å²) in [4.78, 5) is 8.74. The van der Waals surface area contributed by atoms with Crippen LogP contribution in [0.3, 0.4) is 0 Å². The van der Waals surface area contributed by atoms with Crippen molar-refractivity contribution in [2.45, 2.75) is 59.0 Å². The number of hydrogen-bond donors (Lipinski definition) is 2. The number of nitrogens with one attached hydrogen (secondary N) is 2. The van der Waals surface area contributed by atoms with Gasteiger partial charge in [0.15, 0.2) is 5.96 Å². The van der Waals surface area contributed by atoms with Gasteiger partial charge in [0, 0.05) is 31.5 Å². The summed E-state index contributed by atoms with van der Waals surface area (Å²) in [5.41, 5.74) is 0. The third kappa shape index (κ3) is 7.10. The molecule has 1 heterocycles. The first-order chi connectivity index (χ1) is 10.7. The molecule has 0 amide bonds. The van der Waals surface area contributed by atoms with Crippen molar-refractivity contribution >= 4 is 29.9 Å². The van der Waals surface area contributed by atoms with Crippen molar-refractivity contribution in [2.75, 3.05) is 13.1 Å². The van der Waals surface area contributed by atoms with Crippen molar-refractivity contribution < 1.29 is 0 Å². The molecule has 0 aliphatic heterocycles. The molecule has 0 unspecified atom stereocenters. The Morgan fingerprint density at radius 2 is 2.04 bits per heavy atom. The lowest BCUT2D eigenvalue weighted by atomic mass is 9.80. The molecule has 6 heteroatoms. The van der Waals surface area contributed by atoms with Crippen molar-refractivity contribution in [2.24, 2.45) is 16.8 Å². The number of halogens is 1. The third-order valence-electron chi connectivity index (χ3n) is 4.59. The first-order valence-corrected chi connectivity index (χ1v) is 8.69. The standard InChI is InChI=1S/C17H31N5.HI/c1-4-19-17(20-10-12-22-11-9-18-13-22)21-16-7-5-15(6-8-16)14(2)3;/h9,11,13-16H,4-8,10,12H2,1-3H3,(H2,19,20,21);1H. The Kier molecular flexibility index (Phi) is 9.59. The summed E-state index contributed by atoms with van der Waals surface area (Å²) in [5.74, 6) is 2.67. The highest BCUT2D eigenvalue weighted by Gasteiger charge is 2.23. The maximum absolute atomic E-state index is 4.68. The number of imidazole rings is 1. The highest BCUT2D eigenvalue weighted by Crippen LogP contribution is 2.29. The Morgan fingerprint density at radius 3 is 2.61 bits per heavy atom. The molecular weight excluding hydrogens is 401 g/mol. The van der Waals surface area contributed by atoms with Crippen LogP contribution >= 0.6 is 24.0 Å². The van der Waals surface area contributed by atoms with E-state index >= 15 is 0 Å². The Balaban J connectivity index is 0.00000264. The Morgan fingerprint density at radius 1 is 1.30 bits per heavy atom. The highest BCUT2D eigenvalue weighted by molar-refractivity contribution is 14.0. The zero-order valence-corrected chi connectivity index (χ0v) is 17.0. The first-order valence-electron chi connectivity index (χ1n) is 8.69. The molecule has 1 fully saturated rings. The van der Waals surface area contributed by atoms with Gasteiger partial charge in [0.1, 0.15) is 0 Å². The average Bonchev–Trinajstić information content (AvgIpc) is 3.01. The van der Waals surface area contributed by atoms with E-state index in [4.69, 9.17) is 0 Å². The van der Waals surface area contributed by atoms with Crippen LogP contribution in [0, 0.1) is 11.8 Å². The number of rotatable bonds is 6. The summed E-state index contributed by atoms with van der Waals surface area (Å²) in [6.07, 6.45) is 10.8. The lowest BCUT2D eigenvalue weighted by Gasteiger charge is -2.32. The highest BCUT2D eigenvalue weighted by atomic mass is 127. The van der Waals surface area contributed by atoms with Crippen molar-refractivity contribution in [1.82, 2.24) is 20.2 Å². The molecule has 1 saturated carbocycles. The quantitative estimate of drug-likeness (QED) is 0.412. The van der Waals surface area contributed by atoms with Gasteiger partial charge in [0.05, 0.1) is 12.9 Å². The van der Waals surface area contributed by atoms with Gasteiger partial charge in [-0.05, 0) is 44.4 Å². The van der Waals surface area contributed by atoms with Gasteiger partial charge in [-0.15, -0.1) is 24.0 Å². The number of nitrogens with zero attached hydrogens (tertiary/aromatic N) is 3. The molecule has 23 heavy (non-hydrogen) atoms. The van der Waals surface area contributed by atoms with E-state index in [-0.39, 0.29) is 24.0 Å². The second kappa shape index (κ2) is 10.9. The van der Waals surface area contributed by atoms with Crippen LogP contribution < -0.4 is 10.6 Å². The number of aliphatic imine (C=N–C) groups is 1.